The number of rotatable bonds is 0. The van der Waals surface area contributed by atoms with Crippen molar-refractivity contribution in [1.29, 1.82) is 0 Å². The molecular weight excluding hydrogens is 216 g/mol. The van der Waals surface area contributed by atoms with E-state index in [2.05, 4.69) is 60.7 Å². The highest BCUT2D eigenvalue weighted by Crippen LogP contribution is 2.22. The number of fused-ring (bicyclic) bond motifs is 5. The first-order valence-corrected chi connectivity index (χ1v) is 6.54. The summed E-state index contributed by atoms with van der Waals surface area (Å²) in [5.41, 5.74) is 0. The van der Waals surface area contributed by atoms with Gasteiger partial charge in [-0.3, -0.25) is 0 Å². The molecule has 0 saturated carbocycles. The Bertz CT molecular complexity index is 870. The van der Waals surface area contributed by atoms with E-state index in [9.17, 15) is 0 Å². The summed E-state index contributed by atoms with van der Waals surface area (Å²) in [6.45, 7) is 0. The summed E-state index contributed by atoms with van der Waals surface area (Å²) < 4.78 is 0. The topological polar surface area (TPSA) is 0 Å². The first-order valence-electron chi connectivity index (χ1n) is 6.54. The first kappa shape index (κ1) is 9.90. The van der Waals surface area contributed by atoms with Crippen molar-refractivity contribution in [2.45, 2.75) is 12.8 Å². The van der Waals surface area contributed by atoms with Crippen LogP contribution in [0.15, 0.2) is 48.5 Å². The molecule has 3 aromatic rings. The van der Waals surface area contributed by atoms with Crippen molar-refractivity contribution in [1.82, 2.24) is 0 Å². The van der Waals surface area contributed by atoms with Gasteiger partial charge in [0.2, 0.25) is 0 Å². The van der Waals surface area contributed by atoms with Crippen LogP contribution in [0.4, 0.5) is 0 Å². The van der Waals surface area contributed by atoms with Gasteiger partial charge in [-0.2, -0.15) is 0 Å². The van der Waals surface area contributed by atoms with E-state index in [4.69, 9.17) is 0 Å². The van der Waals surface area contributed by atoms with E-state index in [0.717, 1.165) is 6.42 Å². The maximum Gasteiger partial charge on any atom is -0.00301 e. The first-order chi connectivity index (χ1) is 8.93. The van der Waals surface area contributed by atoms with Crippen LogP contribution in [0.25, 0.3) is 33.7 Å². The van der Waals surface area contributed by atoms with Gasteiger partial charge in [-0.15, -0.1) is 0 Å². The van der Waals surface area contributed by atoms with Crippen molar-refractivity contribution >= 4 is 33.7 Å². The maximum absolute atomic E-state index is 2.39. The lowest BCUT2D eigenvalue weighted by Gasteiger charge is -2.08. The minimum absolute atomic E-state index is 1.16. The molecule has 0 radical (unpaired) electrons. The van der Waals surface area contributed by atoms with Crippen LogP contribution in [0.5, 0.6) is 0 Å². The molecule has 0 unspecified atom stereocenters. The molecule has 0 heteroatoms. The van der Waals surface area contributed by atoms with Gasteiger partial charge in [0.25, 0.3) is 0 Å². The van der Waals surface area contributed by atoms with Crippen LogP contribution < -0.4 is 10.4 Å². The van der Waals surface area contributed by atoms with E-state index in [-0.39, 0.29) is 0 Å². The van der Waals surface area contributed by atoms with Crippen LogP contribution in [0.2, 0.25) is 0 Å². The zero-order valence-electron chi connectivity index (χ0n) is 10.2. The Hall–Kier alpha value is -2.08. The standard InChI is InChI=1S/C18H14/c1-3-7-16-13(5-1)9-11-15-12-10-14-6-2-4-8-17(14)18(15)16/h1,3,5-12H,2,4H2. The lowest BCUT2D eigenvalue weighted by molar-refractivity contribution is 1.12. The van der Waals surface area contributed by atoms with E-state index < -0.39 is 0 Å². The molecule has 0 N–H and O–H groups in total. The molecule has 0 aliphatic heterocycles. The summed E-state index contributed by atoms with van der Waals surface area (Å²) in [5.74, 6) is 0. The Morgan fingerprint density at radius 1 is 0.667 bits per heavy atom. The highest BCUT2D eigenvalue weighted by Gasteiger charge is 2.03. The Kier molecular flexibility index (Phi) is 2.04. The van der Waals surface area contributed by atoms with Crippen molar-refractivity contribution in [3.63, 3.8) is 0 Å². The smallest absolute Gasteiger partial charge is 0.00301 e. The normalized spacial score (nSPS) is 14.0. The van der Waals surface area contributed by atoms with Crippen molar-refractivity contribution in [2.75, 3.05) is 0 Å². The fourth-order valence-corrected chi connectivity index (χ4v) is 3.01. The van der Waals surface area contributed by atoms with Gasteiger partial charge in [0.05, 0.1) is 0 Å². The quantitative estimate of drug-likeness (QED) is 0.520. The van der Waals surface area contributed by atoms with Gasteiger partial charge in [-0.25, -0.2) is 0 Å². The zero-order valence-corrected chi connectivity index (χ0v) is 10.2. The van der Waals surface area contributed by atoms with Crippen molar-refractivity contribution in [3.8, 4) is 0 Å². The van der Waals surface area contributed by atoms with Crippen LogP contribution in [0, 0.1) is 0 Å². The lowest BCUT2D eigenvalue weighted by atomic mass is 9.96. The minimum Gasteiger partial charge on any atom is -0.0763 e. The largest absolute Gasteiger partial charge is 0.0763 e. The molecule has 0 spiro atoms. The Morgan fingerprint density at radius 2 is 1.44 bits per heavy atom. The van der Waals surface area contributed by atoms with Gasteiger partial charge in [-0.05, 0) is 44.8 Å². The molecule has 0 saturated heterocycles. The monoisotopic (exact) mass is 230 g/mol. The van der Waals surface area contributed by atoms with Gasteiger partial charge >= 0.3 is 0 Å². The summed E-state index contributed by atoms with van der Waals surface area (Å²) in [7, 11) is 0. The van der Waals surface area contributed by atoms with Crippen LogP contribution in [0.1, 0.15) is 12.8 Å². The minimum atomic E-state index is 1.16. The molecule has 0 amide bonds. The lowest BCUT2D eigenvalue weighted by Crippen LogP contribution is -2.27. The molecule has 0 nitrogen and oxygen atoms in total. The molecule has 0 heterocycles. The second-order valence-corrected chi connectivity index (χ2v) is 4.94. The average molecular weight is 230 g/mol. The summed E-state index contributed by atoms with van der Waals surface area (Å²) in [6, 6.07) is 17.6. The maximum atomic E-state index is 2.39. The van der Waals surface area contributed by atoms with Crippen LogP contribution in [-0.2, 0) is 0 Å². The van der Waals surface area contributed by atoms with Crippen LogP contribution >= 0.6 is 0 Å². The van der Waals surface area contributed by atoms with Gasteiger partial charge in [0.1, 0.15) is 0 Å². The van der Waals surface area contributed by atoms with Gasteiger partial charge < -0.3 is 0 Å². The van der Waals surface area contributed by atoms with E-state index >= 15 is 0 Å². The number of hydrogen-bond acceptors (Lipinski definition) is 0. The molecule has 4 rings (SSSR count). The number of hydrogen-bond donors (Lipinski definition) is 0. The highest BCUT2D eigenvalue weighted by molar-refractivity contribution is 6.07. The fourth-order valence-electron chi connectivity index (χ4n) is 3.01. The van der Waals surface area contributed by atoms with Crippen LogP contribution in [0.3, 0.4) is 0 Å². The van der Waals surface area contributed by atoms with E-state index in [1.807, 2.05) is 0 Å². The third-order valence-corrected chi connectivity index (χ3v) is 3.86. The summed E-state index contributed by atoms with van der Waals surface area (Å²) in [6.07, 6.45) is 7.08. The average Bonchev–Trinajstić information content (AvgIpc) is 2.46. The fraction of sp³-hybridized carbons (Fsp3) is 0.111. The third-order valence-electron chi connectivity index (χ3n) is 3.86. The highest BCUT2D eigenvalue weighted by atomic mass is 14.1. The molecule has 0 fully saturated rings. The van der Waals surface area contributed by atoms with E-state index in [1.54, 1.807) is 0 Å². The molecule has 0 bridgehead atoms. The van der Waals surface area contributed by atoms with Gasteiger partial charge in [0.15, 0.2) is 0 Å². The molecule has 0 atom stereocenters. The zero-order chi connectivity index (χ0) is 11.9. The predicted octanol–water partition coefficient (Wildman–Crippen LogP) is 3.35. The molecule has 1 aliphatic carbocycles. The van der Waals surface area contributed by atoms with E-state index in [1.165, 1.54) is 38.4 Å². The molecule has 1 aliphatic rings. The van der Waals surface area contributed by atoms with Crippen molar-refractivity contribution in [2.24, 2.45) is 0 Å². The summed E-state index contributed by atoms with van der Waals surface area (Å²) in [5, 5.41) is 8.29. The van der Waals surface area contributed by atoms with Crippen molar-refractivity contribution < 1.29 is 0 Å². The van der Waals surface area contributed by atoms with Gasteiger partial charge in [-0.1, -0.05) is 60.7 Å². The SMILES string of the molecule is C1=c2ccc3ccc4ccccc4c3c2=CCC1. The molecular formula is C18H14. The molecule has 86 valence electrons. The summed E-state index contributed by atoms with van der Waals surface area (Å²) in [4.78, 5) is 0. The number of benzene rings is 3. The molecule has 18 heavy (non-hydrogen) atoms. The van der Waals surface area contributed by atoms with Gasteiger partial charge in [0, 0.05) is 0 Å². The van der Waals surface area contributed by atoms with E-state index in [0.29, 0.717) is 0 Å². The van der Waals surface area contributed by atoms with Crippen molar-refractivity contribution in [3.05, 3.63) is 59.0 Å². The second-order valence-electron chi connectivity index (χ2n) is 4.94. The second kappa shape index (κ2) is 3.71. The third kappa shape index (κ3) is 1.32. The Morgan fingerprint density at radius 3 is 2.44 bits per heavy atom. The predicted molar refractivity (Wildman–Crippen MR) is 78.9 cm³/mol. The molecule has 3 aromatic carbocycles. The summed E-state index contributed by atoms with van der Waals surface area (Å²) >= 11 is 0. The Balaban J connectivity index is 2.38. The molecule has 0 aromatic heterocycles. The Labute approximate surface area is 106 Å². The van der Waals surface area contributed by atoms with Crippen LogP contribution in [-0.4, -0.2) is 0 Å².